The third-order valence-corrected chi connectivity index (χ3v) is 4.18. The van der Waals surface area contributed by atoms with Crippen LogP contribution in [-0.2, 0) is 6.54 Å². The molecule has 2 nitrogen and oxygen atoms in total. The van der Waals surface area contributed by atoms with Crippen molar-refractivity contribution in [3.63, 3.8) is 0 Å². The van der Waals surface area contributed by atoms with E-state index in [0.29, 0.717) is 0 Å². The van der Waals surface area contributed by atoms with Gasteiger partial charge in [0.2, 0.25) is 0 Å². The lowest BCUT2D eigenvalue weighted by Gasteiger charge is -2.09. The molecule has 0 saturated heterocycles. The zero-order valence-electron chi connectivity index (χ0n) is 9.19. The standard InChI is InChI=1S/C13H15IN2/c14-12-6-5-11-8-15-16(13(11)7-12)9-10-3-1-2-4-10/h5-8,10H,1-4,9H2. The molecular formula is C13H15IN2. The molecule has 0 unspecified atom stereocenters. The van der Waals surface area contributed by atoms with Crippen molar-refractivity contribution in [1.29, 1.82) is 0 Å². The van der Waals surface area contributed by atoms with Crippen LogP contribution in [0, 0.1) is 9.49 Å². The van der Waals surface area contributed by atoms with Gasteiger partial charge in [0.15, 0.2) is 0 Å². The molecule has 1 saturated carbocycles. The molecular weight excluding hydrogens is 311 g/mol. The van der Waals surface area contributed by atoms with Crippen molar-refractivity contribution >= 4 is 33.5 Å². The van der Waals surface area contributed by atoms with Crippen molar-refractivity contribution in [2.24, 2.45) is 5.92 Å². The monoisotopic (exact) mass is 326 g/mol. The van der Waals surface area contributed by atoms with Crippen molar-refractivity contribution in [3.05, 3.63) is 28.0 Å². The Morgan fingerprint density at radius 2 is 2.12 bits per heavy atom. The van der Waals surface area contributed by atoms with Crippen LogP contribution >= 0.6 is 22.6 Å². The summed E-state index contributed by atoms with van der Waals surface area (Å²) in [5.41, 5.74) is 1.29. The van der Waals surface area contributed by atoms with Gasteiger partial charge in [-0.3, -0.25) is 4.68 Å². The van der Waals surface area contributed by atoms with Gasteiger partial charge in [-0.2, -0.15) is 5.10 Å². The van der Waals surface area contributed by atoms with E-state index in [2.05, 4.69) is 50.6 Å². The fraction of sp³-hybridized carbons (Fsp3) is 0.462. The summed E-state index contributed by atoms with van der Waals surface area (Å²) in [4.78, 5) is 0. The van der Waals surface area contributed by atoms with Crippen LogP contribution in [0.2, 0.25) is 0 Å². The van der Waals surface area contributed by atoms with Crippen LogP contribution in [0.25, 0.3) is 10.9 Å². The summed E-state index contributed by atoms with van der Waals surface area (Å²) in [6, 6.07) is 6.54. The van der Waals surface area contributed by atoms with Crippen LogP contribution in [0.15, 0.2) is 24.4 Å². The Labute approximate surface area is 109 Å². The molecule has 3 heteroatoms. The fourth-order valence-corrected chi connectivity index (χ4v) is 3.10. The Bertz CT molecular complexity index is 498. The number of aromatic nitrogens is 2. The number of fused-ring (bicyclic) bond motifs is 1. The molecule has 3 rings (SSSR count). The third-order valence-electron chi connectivity index (χ3n) is 3.51. The number of rotatable bonds is 2. The molecule has 1 heterocycles. The average Bonchev–Trinajstić information content (AvgIpc) is 2.90. The molecule has 84 valence electrons. The molecule has 1 aromatic carbocycles. The molecule has 0 bridgehead atoms. The van der Waals surface area contributed by atoms with Gasteiger partial charge in [-0.15, -0.1) is 0 Å². The fourth-order valence-electron chi connectivity index (χ4n) is 2.63. The summed E-state index contributed by atoms with van der Waals surface area (Å²) in [6.45, 7) is 1.10. The van der Waals surface area contributed by atoms with E-state index in [9.17, 15) is 0 Å². The molecule has 0 atom stereocenters. The number of nitrogens with zero attached hydrogens (tertiary/aromatic N) is 2. The molecule has 0 spiro atoms. The molecule has 1 fully saturated rings. The molecule has 0 N–H and O–H groups in total. The van der Waals surface area contributed by atoms with E-state index in [4.69, 9.17) is 0 Å². The Morgan fingerprint density at radius 3 is 2.94 bits per heavy atom. The van der Waals surface area contributed by atoms with Gasteiger partial charge in [0.1, 0.15) is 0 Å². The first-order valence-corrected chi connectivity index (χ1v) is 7.02. The van der Waals surface area contributed by atoms with Gasteiger partial charge < -0.3 is 0 Å². The maximum atomic E-state index is 4.51. The van der Waals surface area contributed by atoms with Crippen LogP contribution in [0.4, 0.5) is 0 Å². The van der Waals surface area contributed by atoms with E-state index in [0.717, 1.165) is 12.5 Å². The highest BCUT2D eigenvalue weighted by molar-refractivity contribution is 14.1. The van der Waals surface area contributed by atoms with Crippen molar-refractivity contribution in [3.8, 4) is 0 Å². The van der Waals surface area contributed by atoms with Crippen molar-refractivity contribution in [2.45, 2.75) is 32.2 Å². The third kappa shape index (κ3) is 1.97. The normalized spacial score (nSPS) is 17.3. The highest BCUT2D eigenvalue weighted by atomic mass is 127. The summed E-state index contributed by atoms with van der Waals surface area (Å²) >= 11 is 2.37. The van der Waals surface area contributed by atoms with E-state index in [1.54, 1.807) is 0 Å². The molecule has 2 aromatic rings. The lowest BCUT2D eigenvalue weighted by atomic mass is 10.1. The van der Waals surface area contributed by atoms with Crippen LogP contribution in [-0.4, -0.2) is 9.78 Å². The molecule has 0 radical (unpaired) electrons. The topological polar surface area (TPSA) is 17.8 Å². The van der Waals surface area contributed by atoms with Gasteiger partial charge in [0.05, 0.1) is 11.7 Å². The van der Waals surface area contributed by atoms with Gasteiger partial charge in [-0.05, 0) is 53.5 Å². The quantitative estimate of drug-likeness (QED) is 0.767. The summed E-state index contributed by atoms with van der Waals surface area (Å²) in [5, 5.41) is 5.78. The van der Waals surface area contributed by atoms with Crippen LogP contribution in [0.1, 0.15) is 25.7 Å². The van der Waals surface area contributed by atoms with Gasteiger partial charge in [-0.1, -0.05) is 18.9 Å². The summed E-state index contributed by atoms with van der Waals surface area (Å²) in [6.07, 6.45) is 7.56. The van der Waals surface area contributed by atoms with E-state index < -0.39 is 0 Å². The van der Waals surface area contributed by atoms with Gasteiger partial charge in [0.25, 0.3) is 0 Å². The van der Waals surface area contributed by atoms with E-state index in [1.165, 1.54) is 40.2 Å². The van der Waals surface area contributed by atoms with E-state index >= 15 is 0 Å². The van der Waals surface area contributed by atoms with Crippen LogP contribution in [0.5, 0.6) is 0 Å². The number of hydrogen-bond donors (Lipinski definition) is 0. The first-order valence-electron chi connectivity index (χ1n) is 5.94. The summed E-state index contributed by atoms with van der Waals surface area (Å²) in [5.74, 6) is 0.848. The average molecular weight is 326 g/mol. The van der Waals surface area contributed by atoms with Gasteiger partial charge in [0, 0.05) is 15.5 Å². The smallest absolute Gasteiger partial charge is 0.0693 e. The van der Waals surface area contributed by atoms with Crippen molar-refractivity contribution in [1.82, 2.24) is 9.78 Å². The molecule has 1 aliphatic carbocycles. The minimum Gasteiger partial charge on any atom is -0.265 e. The lowest BCUT2D eigenvalue weighted by Crippen LogP contribution is -2.08. The second-order valence-corrected chi connectivity index (χ2v) is 5.93. The Hall–Kier alpha value is -0.580. The number of benzene rings is 1. The molecule has 16 heavy (non-hydrogen) atoms. The highest BCUT2D eigenvalue weighted by Gasteiger charge is 2.16. The maximum Gasteiger partial charge on any atom is 0.0693 e. The van der Waals surface area contributed by atoms with Crippen LogP contribution < -0.4 is 0 Å². The molecule has 0 aliphatic heterocycles. The molecule has 0 amide bonds. The summed E-state index contributed by atoms with van der Waals surface area (Å²) < 4.78 is 3.48. The zero-order valence-corrected chi connectivity index (χ0v) is 11.4. The van der Waals surface area contributed by atoms with Crippen LogP contribution in [0.3, 0.4) is 0 Å². The second-order valence-electron chi connectivity index (χ2n) is 4.68. The predicted octanol–water partition coefficient (Wildman–Crippen LogP) is 3.83. The minimum absolute atomic E-state index is 0.848. The number of hydrogen-bond acceptors (Lipinski definition) is 1. The zero-order chi connectivity index (χ0) is 11.0. The first kappa shape index (κ1) is 10.6. The maximum absolute atomic E-state index is 4.51. The van der Waals surface area contributed by atoms with Gasteiger partial charge in [-0.25, -0.2) is 0 Å². The molecule has 1 aromatic heterocycles. The predicted molar refractivity (Wildman–Crippen MR) is 74.4 cm³/mol. The first-order chi connectivity index (χ1) is 7.83. The summed E-state index contributed by atoms with van der Waals surface area (Å²) in [7, 11) is 0. The van der Waals surface area contributed by atoms with Crippen molar-refractivity contribution < 1.29 is 0 Å². The van der Waals surface area contributed by atoms with Gasteiger partial charge >= 0.3 is 0 Å². The van der Waals surface area contributed by atoms with E-state index in [1.807, 2.05) is 6.20 Å². The Balaban J connectivity index is 1.93. The Kier molecular flexibility index (Phi) is 2.88. The number of halogens is 1. The highest BCUT2D eigenvalue weighted by Crippen LogP contribution is 2.27. The Morgan fingerprint density at radius 1 is 1.31 bits per heavy atom. The van der Waals surface area contributed by atoms with Crippen molar-refractivity contribution in [2.75, 3.05) is 0 Å². The molecule has 1 aliphatic rings. The second kappa shape index (κ2) is 4.35. The largest absolute Gasteiger partial charge is 0.265 e. The van der Waals surface area contributed by atoms with E-state index in [-0.39, 0.29) is 0 Å². The minimum atomic E-state index is 0.848. The lowest BCUT2D eigenvalue weighted by molar-refractivity contribution is 0.438. The SMILES string of the molecule is Ic1ccc2cnn(CC3CCCC3)c2c1.